The molecule has 2 heterocycles. The molecule has 1 aliphatic rings. The van der Waals surface area contributed by atoms with E-state index in [9.17, 15) is 9.59 Å². The van der Waals surface area contributed by atoms with Gasteiger partial charge >= 0.3 is 5.97 Å². The molecule has 1 fully saturated rings. The van der Waals surface area contributed by atoms with Crippen molar-refractivity contribution in [2.24, 2.45) is 5.92 Å². The maximum atomic E-state index is 12.5. The quantitative estimate of drug-likeness (QED) is 0.904. The van der Waals surface area contributed by atoms with Gasteiger partial charge < -0.3 is 10.0 Å². The van der Waals surface area contributed by atoms with Crippen LogP contribution in [0.3, 0.4) is 0 Å². The molecule has 1 N–H and O–H groups in total. The maximum absolute atomic E-state index is 12.5. The molecule has 5 heteroatoms. The van der Waals surface area contributed by atoms with Crippen molar-refractivity contribution >= 4 is 23.2 Å². The first-order chi connectivity index (χ1) is 9.54. The number of carboxylic acid groups (broad SMARTS) is 1. The Bertz CT molecular complexity index is 497. The number of carbonyl (C=O) groups excluding carboxylic acids is 1. The molecule has 2 rings (SSSR count). The van der Waals surface area contributed by atoms with Gasteiger partial charge in [-0.05, 0) is 37.3 Å². The molecular weight excluding hydrogens is 274 g/mol. The molecular formula is C15H21NO3S. The maximum Gasteiger partial charge on any atom is 0.345 e. The van der Waals surface area contributed by atoms with Crippen molar-refractivity contribution < 1.29 is 14.7 Å². The molecule has 2 unspecified atom stereocenters. The fourth-order valence-electron chi connectivity index (χ4n) is 2.99. The number of hydrogen-bond donors (Lipinski definition) is 1. The molecule has 1 aromatic rings. The lowest BCUT2D eigenvalue weighted by Crippen LogP contribution is -2.38. The highest BCUT2D eigenvalue weighted by Crippen LogP contribution is 2.29. The monoisotopic (exact) mass is 295 g/mol. The Kier molecular flexibility index (Phi) is 4.81. The number of aromatic carboxylic acids is 1. The number of thiophene rings is 1. The Balaban J connectivity index is 2.12. The average Bonchev–Trinajstić information content (AvgIpc) is 3.07. The van der Waals surface area contributed by atoms with Gasteiger partial charge in [-0.15, -0.1) is 11.3 Å². The molecule has 0 aliphatic carbocycles. The first-order valence-corrected chi connectivity index (χ1v) is 8.00. The topological polar surface area (TPSA) is 57.6 Å². The third-order valence-corrected chi connectivity index (χ3v) is 5.05. The summed E-state index contributed by atoms with van der Waals surface area (Å²) in [4.78, 5) is 26.2. The van der Waals surface area contributed by atoms with E-state index in [-0.39, 0.29) is 10.8 Å². The van der Waals surface area contributed by atoms with Crippen molar-refractivity contribution in [1.29, 1.82) is 0 Å². The summed E-state index contributed by atoms with van der Waals surface area (Å²) in [6, 6.07) is 3.45. The molecule has 110 valence electrons. The highest BCUT2D eigenvalue weighted by molar-refractivity contribution is 7.15. The molecule has 0 radical (unpaired) electrons. The normalized spacial score (nSPS) is 20.1. The van der Waals surface area contributed by atoms with E-state index >= 15 is 0 Å². The zero-order valence-electron chi connectivity index (χ0n) is 12.0. The summed E-state index contributed by atoms with van der Waals surface area (Å²) in [6.45, 7) is 5.16. The lowest BCUT2D eigenvalue weighted by Gasteiger charge is -2.29. The number of amides is 1. The van der Waals surface area contributed by atoms with E-state index in [1.165, 1.54) is 6.07 Å². The molecule has 1 saturated heterocycles. The van der Waals surface area contributed by atoms with Crippen LogP contribution in [-0.2, 0) is 0 Å². The molecule has 1 aliphatic heterocycles. The lowest BCUT2D eigenvalue weighted by atomic mass is 9.95. The standard InChI is InChI=1S/C15H21NO3S/c1-3-5-10(2)11-6-4-9-16(11)14(17)12-7-8-13(20-12)15(18)19/h7-8,10-11H,3-6,9H2,1-2H3,(H,18,19). The van der Waals surface area contributed by atoms with Gasteiger partial charge in [0.25, 0.3) is 5.91 Å². The molecule has 0 saturated carbocycles. The Labute approximate surface area is 123 Å². The number of likely N-dealkylation sites (tertiary alicyclic amines) is 1. The summed E-state index contributed by atoms with van der Waals surface area (Å²) in [5.41, 5.74) is 0. The molecule has 2 atom stereocenters. The molecule has 0 bridgehead atoms. The van der Waals surface area contributed by atoms with E-state index in [0.717, 1.165) is 43.6 Å². The first kappa shape index (κ1) is 15.0. The minimum absolute atomic E-state index is 0.00652. The van der Waals surface area contributed by atoms with Crippen LogP contribution in [0.2, 0.25) is 0 Å². The summed E-state index contributed by atoms with van der Waals surface area (Å²) in [5, 5.41) is 8.94. The average molecular weight is 295 g/mol. The summed E-state index contributed by atoms with van der Waals surface area (Å²) >= 11 is 1.07. The second-order valence-electron chi connectivity index (χ2n) is 5.44. The number of carbonyl (C=O) groups is 2. The molecule has 1 aromatic heterocycles. The highest BCUT2D eigenvalue weighted by atomic mass is 32.1. The zero-order valence-corrected chi connectivity index (χ0v) is 12.8. The second-order valence-corrected chi connectivity index (χ2v) is 6.53. The predicted octanol–water partition coefficient (Wildman–Crippen LogP) is 3.49. The van der Waals surface area contributed by atoms with Crippen LogP contribution in [0, 0.1) is 5.92 Å². The van der Waals surface area contributed by atoms with Crippen LogP contribution in [0.5, 0.6) is 0 Å². The van der Waals surface area contributed by atoms with Crippen molar-refractivity contribution in [3.63, 3.8) is 0 Å². The highest BCUT2D eigenvalue weighted by Gasteiger charge is 2.33. The van der Waals surface area contributed by atoms with Gasteiger partial charge in [0, 0.05) is 12.6 Å². The summed E-state index contributed by atoms with van der Waals surface area (Å²) in [5.74, 6) is -0.468. The Hall–Kier alpha value is -1.36. The second kappa shape index (κ2) is 6.39. The minimum atomic E-state index is -0.966. The third-order valence-electron chi connectivity index (χ3n) is 3.99. The number of rotatable bonds is 5. The van der Waals surface area contributed by atoms with Crippen LogP contribution >= 0.6 is 11.3 Å². The van der Waals surface area contributed by atoms with Crippen molar-refractivity contribution in [2.75, 3.05) is 6.54 Å². The molecule has 20 heavy (non-hydrogen) atoms. The van der Waals surface area contributed by atoms with Crippen molar-refractivity contribution in [3.8, 4) is 0 Å². The van der Waals surface area contributed by atoms with Crippen LogP contribution in [0.4, 0.5) is 0 Å². The fraction of sp³-hybridized carbons (Fsp3) is 0.600. The largest absolute Gasteiger partial charge is 0.477 e. The Morgan fingerprint density at radius 2 is 2.15 bits per heavy atom. The van der Waals surface area contributed by atoms with Gasteiger partial charge in [0.1, 0.15) is 4.88 Å². The Morgan fingerprint density at radius 1 is 1.45 bits per heavy atom. The van der Waals surface area contributed by atoms with Gasteiger partial charge in [-0.25, -0.2) is 4.79 Å². The van der Waals surface area contributed by atoms with Crippen molar-refractivity contribution in [1.82, 2.24) is 4.90 Å². The van der Waals surface area contributed by atoms with Crippen LogP contribution in [0.1, 0.15) is 58.9 Å². The van der Waals surface area contributed by atoms with Crippen LogP contribution in [-0.4, -0.2) is 34.5 Å². The van der Waals surface area contributed by atoms with Crippen LogP contribution in [0.15, 0.2) is 12.1 Å². The van der Waals surface area contributed by atoms with Gasteiger partial charge in [0.05, 0.1) is 4.88 Å². The van der Waals surface area contributed by atoms with Crippen LogP contribution in [0.25, 0.3) is 0 Å². The number of hydrogen-bond acceptors (Lipinski definition) is 3. The summed E-state index contributed by atoms with van der Waals surface area (Å²) in [6.07, 6.45) is 4.35. The van der Waals surface area contributed by atoms with E-state index < -0.39 is 5.97 Å². The number of carboxylic acids is 1. The lowest BCUT2D eigenvalue weighted by molar-refractivity contribution is 0.0690. The van der Waals surface area contributed by atoms with Crippen LogP contribution < -0.4 is 0 Å². The predicted molar refractivity (Wildman–Crippen MR) is 79.4 cm³/mol. The molecule has 0 spiro atoms. The van der Waals surface area contributed by atoms with Gasteiger partial charge in [-0.1, -0.05) is 20.3 Å². The smallest absolute Gasteiger partial charge is 0.345 e. The van der Waals surface area contributed by atoms with Gasteiger partial charge in [0.15, 0.2) is 0 Å². The van der Waals surface area contributed by atoms with Gasteiger partial charge in [-0.3, -0.25) is 4.79 Å². The van der Waals surface area contributed by atoms with Gasteiger partial charge in [0.2, 0.25) is 0 Å². The van der Waals surface area contributed by atoms with E-state index in [1.54, 1.807) is 6.07 Å². The molecule has 4 nitrogen and oxygen atoms in total. The number of nitrogens with zero attached hydrogens (tertiary/aromatic N) is 1. The van der Waals surface area contributed by atoms with E-state index in [0.29, 0.717) is 16.8 Å². The first-order valence-electron chi connectivity index (χ1n) is 7.18. The van der Waals surface area contributed by atoms with Crippen molar-refractivity contribution in [3.05, 3.63) is 21.9 Å². The van der Waals surface area contributed by atoms with E-state index in [1.807, 2.05) is 4.90 Å². The third kappa shape index (κ3) is 3.03. The Morgan fingerprint density at radius 3 is 2.75 bits per heavy atom. The zero-order chi connectivity index (χ0) is 14.7. The SMILES string of the molecule is CCCC(C)C1CCCN1C(=O)c1ccc(C(=O)O)s1. The van der Waals surface area contributed by atoms with Gasteiger partial charge in [-0.2, -0.15) is 0 Å². The van der Waals surface area contributed by atoms with Crippen molar-refractivity contribution in [2.45, 2.75) is 45.6 Å². The molecule has 1 amide bonds. The minimum Gasteiger partial charge on any atom is -0.477 e. The van der Waals surface area contributed by atoms with E-state index in [4.69, 9.17) is 5.11 Å². The van der Waals surface area contributed by atoms with E-state index in [2.05, 4.69) is 13.8 Å². The summed E-state index contributed by atoms with van der Waals surface area (Å²) in [7, 11) is 0. The summed E-state index contributed by atoms with van der Waals surface area (Å²) < 4.78 is 0. The fourth-order valence-corrected chi connectivity index (χ4v) is 3.79. The molecule has 0 aromatic carbocycles.